The van der Waals surface area contributed by atoms with E-state index in [4.69, 9.17) is 9.15 Å². The zero-order chi connectivity index (χ0) is 12.7. The third-order valence-electron chi connectivity index (χ3n) is 3.06. The normalized spacial score (nSPS) is 13.2. The fraction of sp³-hybridized carbons (Fsp3) is 0.214. The quantitative estimate of drug-likeness (QED) is 0.797. The van der Waals surface area contributed by atoms with Crippen LogP contribution in [0.1, 0.15) is 27.2 Å². The number of carbonyl (C=O) groups is 1. The van der Waals surface area contributed by atoms with Crippen molar-refractivity contribution in [3.05, 3.63) is 51.4 Å². The van der Waals surface area contributed by atoms with Crippen LogP contribution in [-0.2, 0) is 6.42 Å². The molecule has 0 atom stereocenters. The van der Waals surface area contributed by atoms with Gasteiger partial charge in [0.1, 0.15) is 5.75 Å². The molecule has 0 saturated heterocycles. The number of halogens is 1. The first-order valence-electron chi connectivity index (χ1n) is 5.71. The van der Waals surface area contributed by atoms with Gasteiger partial charge in [-0.25, -0.2) is 0 Å². The molecule has 0 aliphatic carbocycles. The van der Waals surface area contributed by atoms with E-state index in [2.05, 4.69) is 15.9 Å². The van der Waals surface area contributed by atoms with Gasteiger partial charge in [0.05, 0.1) is 18.4 Å². The molecule has 3 rings (SSSR count). The van der Waals surface area contributed by atoms with Crippen LogP contribution in [0.4, 0.5) is 0 Å². The molecule has 4 heteroatoms. The van der Waals surface area contributed by atoms with Gasteiger partial charge in [0.15, 0.2) is 5.76 Å². The summed E-state index contributed by atoms with van der Waals surface area (Å²) in [6.07, 6.45) is 2.37. The summed E-state index contributed by atoms with van der Waals surface area (Å²) < 4.78 is 11.7. The van der Waals surface area contributed by atoms with Gasteiger partial charge in [0, 0.05) is 10.9 Å². The minimum Gasteiger partial charge on any atom is -0.492 e. The van der Waals surface area contributed by atoms with E-state index in [9.17, 15) is 4.79 Å². The molecule has 0 radical (unpaired) electrons. The molecule has 0 amide bonds. The lowest BCUT2D eigenvalue weighted by atomic mass is 10.0. The molecule has 0 fully saturated rings. The molecule has 0 spiro atoms. The van der Waals surface area contributed by atoms with Crippen molar-refractivity contribution in [3.8, 4) is 5.75 Å². The molecular weight excluding hydrogens is 296 g/mol. The second-order valence-corrected chi connectivity index (χ2v) is 5.22. The molecule has 2 aromatic rings. The number of carbonyl (C=O) groups excluding carboxylic acids is 1. The first-order chi connectivity index (χ1) is 8.66. The number of benzene rings is 1. The zero-order valence-corrected chi connectivity index (χ0v) is 11.4. The monoisotopic (exact) mass is 306 g/mol. The lowest BCUT2D eigenvalue weighted by Crippen LogP contribution is -2.04. The van der Waals surface area contributed by atoms with Gasteiger partial charge < -0.3 is 9.15 Å². The smallest absolute Gasteiger partial charge is 0.232 e. The van der Waals surface area contributed by atoms with Crippen LogP contribution in [0.25, 0.3) is 0 Å². The Kier molecular flexibility index (Phi) is 2.74. The molecule has 1 aromatic heterocycles. The van der Waals surface area contributed by atoms with Crippen molar-refractivity contribution in [2.24, 2.45) is 0 Å². The summed E-state index contributed by atoms with van der Waals surface area (Å²) in [5, 5.41) is 0. The summed E-state index contributed by atoms with van der Waals surface area (Å²) in [5.41, 5.74) is 2.47. The number of ketones is 1. The number of hydrogen-bond acceptors (Lipinski definition) is 3. The van der Waals surface area contributed by atoms with E-state index in [0.717, 1.165) is 22.0 Å². The highest BCUT2D eigenvalue weighted by Gasteiger charge is 2.25. The van der Waals surface area contributed by atoms with Crippen molar-refractivity contribution in [3.63, 3.8) is 0 Å². The molecule has 0 N–H and O–H groups in total. The van der Waals surface area contributed by atoms with E-state index >= 15 is 0 Å². The van der Waals surface area contributed by atoms with E-state index in [1.165, 1.54) is 6.26 Å². The van der Waals surface area contributed by atoms with Crippen molar-refractivity contribution < 1.29 is 13.9 Å². The average Bonchev–Trinajstić information content (AvgIpc) is 2.95. The molecule has 0 saturated carbocycles. The lowest BCUT2D eigenvalue weighted by Gasteiger charge is -2.07. The molecule has 1 aliphatic heterocycles. The standard InChI is InChI=1S/C14H11BrO3/c1-8-2-4-17-13(8)12(16)11-7-10(15)6-9-3-5-18-14(9)11/h2,4,6-7H,3,5H2,1H3. The lowest BCUT2D eigenvalue weighted by molar-refractivity contribution is 0.100. The number of rotatable bonds is 2. The summed E-state index contributed by atoms with van der Waals surface area (Å²) in [6.45, 7) is 2.49. The van der Waals surface area contributed by atoms with Crippen LogP contribution in [0, 0.1) is 6.92 Å². The van der Waals surface area contributed by atoms with Crippen LogP contribution in [-0.4, -0.2) is 12.4 Å². The Labute approximate surface area is 113 Å². The average molecular weight is 307 g/mol. The van der Waals surface area contributed by atoms with Crippen molar-refractivity contribution in [2.45, 2.75) is 13.3 Å². The van der Waals surface area contributed by atoms with E-state index in [0.29, 0.717) is 23.7 Å². The minimum absolute atomic E-state index is 0.128. The summed E-state index contributed by atoms with van der Waals surface area (Å²) in [6, 6.07) is 5.56. The molecular formula is C14H11BrO3. The van der Waals surface area contributed by atoms with Crippen LogP contribution >= 0.6 is 15.9 Å². The van der Waals surface area contributed by atoms with Gasteiger partial charge >= 0.3 is 0 Å². The second kappa shape index (κ2) is 4.28. The molecule has 2 heterocycles. The van der Waals surface area contributed by atoms with Gasteiger partial charge in [-0.3, -0.25) is 4.79 Å². The van der Waals surface area contributed by atoms with Gasteiger partial charge in [-0.2, -0.15) is 0 Å². The third-order valence-corrected chi connectivity index (χ3v) is 3.52. The molecule has 1 aliphatic rings. The molecule has 1 aromatic carbocycles. The highest BCUT2D eigenvalue weighted by Crippen LogP contribution is 2.34. The number of aryl methyl sites for hydroxylation is 1. The second-order valence-electron chi connectivity index (χ2n) is 4.30. The maximum atomic E-state index is 12.4. The van der Waals surface area contributed by atoms with Crippen LogP contribution in [0.2, 0.25) is 0 Å². The van der Waals surface area contributed by atoms with Crippen molar-refractivity contribution in [2.75, 3.05) is 6.61 Å². The Bertz CT molecular complexity index is 628. The number of furan rings is 1. The number of fused-ring (bicyclic) bond motifs is 1. The molecule has 0 unspecified atom stereocenters. The first-order valence-corrected chi connectivity index (χ1v) is 6.50. The third kappa shape index (κ3) is 1.77. The largest absolute Gasteiger partial charge is 0.492 e. The Hall–Kier alpha value is -1.55. The van der Waals surface area contributed by atoms with E-state index < -0.39 is 0 Å². The summed E-state index contributed by atoms with van der Waals surface area (Å²) in [4.78, 5) is 12.4. The highest BCUT2D eigenvalue weighted by atomic mass is 79.9. The number of ether oxygens (including phenoxy) is 1. The van der Waals surface area contributed by atoms with Gasteiger partial charge in [-0.15, -0.1) is 0 Å². The van der Waals surface area contributed by atoms with E-state index in [1.807, 2.05) is 13.0 Å². The van der Waals surface area contributed by atoms with Crippen LogP contribution in [0.5, 0.6) is 5.75 Å². The Morgan fingerprint density at radius 2 is 2.22 bits per heavy atom. The predicted molar refractivity (Wildman–Crippen MR) is 70.2 cm³/mol. The predicted octanol–water partition coefficient (Wildman–Crippen LogP) is 3.52. The Balaban J connectivity index is 2.13. The summed E-state index contributed by atoms with van der Waals surface area (Å²) in [7, 11) is 0. The summed E-state index contributed by atoms with van der Waals surface area (Å²) in [5.74, 6) is 0.946. The maximum absolute atomic E-state index is 12.4. The van der Waals surface area contributed by atoms with Gasteiger partial charge in [-0.1, -0.05) is 15.9 Å². The van der Waals surface area contributed by atoms with Crippen molar-refractivity contribution >= 4 is 21.7 Å². The Morgan fingerprint density at radius 3 is 2.94 bits per heavy atom. The van der Waals surface area contributed by atoms with Crippen LogP contribution in [0.3, 0.4) is 0 Å². The van der Waals surface area contributed by atoms with Crippen molar-refractivity contribution in [1.82, 2.24) is 0 Å². The molecule has 92 valence electrons. The Morgan fingerprint density at radius 1 is 1.39 bits per heavy atom. The fourth-order valence-corrected chi connectivity index (χ4v) is 2.67. The van der Waals surface area contributed by atoms with Gasteiger partial charge in [0.25, 0.3) is 0 Å². The molecule has 3 nitrogen and oxygen atoms in total. The van der Waals surface area contributed by atoms with Crippen LogP contribution < -0.4 is 4.74 Å². The topological polar surface area (TPSA) is 39.4 Å². The summed E-state index contributed by atoms with van der Waals surface area (Å²) >= 11 is 3.43. The van der Waals surface area contributed by atoms with Gasteiger partial charge in [-0.05, 0) is 36.2 Å². The number of hydrogen-bond donors (Lipinski definition) is 0. The first kappa shape index (κ1) is 11.5. The van der Waals surface area contributed by atoms with Gasteiger partial charge in [0.2, 0.25) is 5.78 Å². The molecule has 18 heavy (non-hydrogen) atoms. The van der Waals surface area contributed by atoms with Crippen LogP contribution in [0.15, 0.2) is 33.4 Å². The maximum Gasteiger partial charge on any atom is 0.232 e. The van der Waals surface area contributed by atoms with E-state index in [-0.39, 0.29) is 5.78 Å². The van der Waals surface area contributed by atoms with E-state index in [1.54, 1.807) is 12.1 Å². The van der Waals surface area contributed by atoms with Crippen molar-refractivity contribution in [1.29, 1.82) is 0 Å². The minimum atomic E-state index is -0.128. The SMILES string of the molecule is Cc1ccoc1C(=O)c1cc(Br)cc2c1OCC2. The molecule has 0 bridgehead atoms. The highest BCUT2D eigenvalue weighted by molar-refractivity contribution is 9.10. The fourth-order valence-electron chi connectivity index (χ4n) is 2.17. The zero-order valence-electron chi connectivity index (χ0n) is 9.83.